The lowest BCUT2D eigenvalue weighted by Crippen LogP contribution is -1.92. The number of hydrogen-bond donors (Lipinski definition) is 0. The zero-order valence-electron chi connectivity index (χ0n) is 5.13. The second-order valence-electron chi connectivity index (χ2n) is 2.07. The molecule has 0 saturated heterocycles. The van der Waals surface area contributed by atoms with E-state index in [-0.39, 0.29) is 0 Å². The monoisotopic (exact) mass is 129 g/mol. The third-order valence-electron chi connectivity index (χ3n) is 1.39. The lowest BCUT2D eigenvalue weighted by Gasteiger charge is -2.01. The predicted molar refractivity (Wildman–Crippen MR) is 34.4 cm³/mol. The normalized spacial score (nSPS) is 18.4. The van der Waals surface area contributed by atoms with Gasteiger partial charge in [0.2, 0.25) is 5.76 Å². The standard InChI is InChI=1S/C6H9O3/c7-9-8-6-4-2-1-3-5-6/h4H,1-3,5H2/q+1. The van der Waals surface area contributed by atoms with Gasteiger partial charge in [-0.3, -0.25) is 0 Å². The van der Waals surface area contributed by atoms with Crippen LogP contribution < -0.4 is 0 Å². The molecule has 0 fully saturated rings. The maximum absolute atomic E-state index is 9.44. The average molecular weight is 129 g/mol. The van der Waals surface area contributed by atoms with Gasteiger partial charge >= 0.3 is 4.75 Å². The molecule has 0 unspecified atom stereocenters. The van der Waals surface area contributed by atoms with Crippen LogP contribution in [0.1, 0.15) is 25.7 Å². The Morgan fingerprint density at radius 1 is 1.56 bits per heavy atom. The largest absolute Gasteiger partial charge is 0.383 e. The third-order valence-corrected chi connectivity index (χ3v) is 1.39. The lowest BCUT2D eigenvalue weighted by molar-refractivity contribution is 0.309. The molecule has 0 bridgehead atoms. The summed E-state index contributed by atoms with van der Waals surface area (Å²) in [4.78, 5) is 13.7. The molecule has 0 spiro atoms. The molecule has 0 atom stereocenters. The summed E-state index contributed by atoms with van der Waals surface area (Å²) in [6.07, 6.45) is 6.00. The molecule has 0 aliphatic heterocycles. The average Bonchev–Trinajstić information content (AvgIpc) is 1.91. The second kappa shape index (κ2) is 3.22. The van der Waals surface area contributed by atoms with Crippen LogP contribution in [0.15, 0.2) is 11.8 Å². The zero-order valence-corrected chi connectivity index (χ0v) is 5.13. The van der Waals surface area contributed by atoms with Crippen LogP contribution in [-0.2, 0) is 4.89 Å². The molecule has 1 aliphatic carbocycles. The smallest absolute Gasteiger partial charge is 0.0492 e. The molecule has 3 nitrogen and oxygen atoms in total. The van der Waals surface area contributed by atoms with Crippen molar-refractivity contribution in [3.8, 4) is 0 Å². The van der Waals surface area contributed by atoms with Crippen LogP contribution in [0.5, 0.6) is 0 Å². The Labute approximate surface area is 53.2 Å². The van der Waals surface area contributed by atoms with Gasteiger partial charge in [-0.1, -0.05) is 0 Å². The molecule has 1 aliphatic rings. The lowest BCUT2D eigenvalue weighted by atomic mass is 10.1. The highest BCUT2D eigenvalue weighted by Gasteiger charge is 2.10. The Morgan fingerprint density at radius 3 is 3.00 bits per heavy atom. The van der Waals surface area contributed by atoms with E-state index >= 15 is 0 Å². The van der Waals surface area contributed by atoms with Crippen molar-refractivity contribution in [3.63, 3.8) is 0 Å². The fourth-order valence-corrected chi connectivity index (χ4v) is 0.928. The highest BCUT2D eigenvalue weighted by Crippen LogP contribution is 2.17. The first kappa shape index (κ1) is 6.26. The zero-order chi connectivity index (χ0) is 6.53. The van der Waals surface area contributed by atoms with E-state index in [1.165, 1.54) is 6.42 Å². The SMILES string of the molecule is O=[O+]OC1=CCCCC1. The number of allylic oxidation sites excluding steroid dienone is 2. The van der Waals surface area contributed by atoms with Crippen LogP contribution in [-0.4, -0.2) is 0 Å². The van der Waals surface area contributed by atoms with Gasteiger partial charge in [0.05, 0.1) is 0 Å². The van der Waals surface area contributed by atoms with Crippen LogP contribution in [0.4, 0.5) is 0 Å². The van der Waals surface area contributed by atoms with Crippen molar-refractivity contribution in [2.75, 3.05) is 0 Å². The summed E-state index contributed by atoms with van der Waals surface area (Å²) in [6.45, 7) is 0. The molecule has 0 aromatic carbocycles. The van der Waals surface area contributed by atoms with Crippen molar-refractivity contribution >= 4 is 0 Å². The molecular formula is C6H9O3+. The summed E-state index contributed by atoms with van der Waals surface area (Å²) >= 11 is 0. The summed E-state index contributed by atoms with van der Waals surface area (Å²) in [7, 11) is 0. The molecule has 50 valence electrons. The molecule has 0 amide bonds. The van der Waals surface area contributed by atoms with Gasteiger partial charge < -0.3 is 0 Å². The summed E-state index contributed by atoms with van der Waals surface area (Å²) < 4.78 is 3.26. The highest BCUT2D eigenvalue weighted by molar-refractivity contribution is 4.97. The quantitative estimate of drug-likeness (QED) is 0.325. The second-order valence-corrected chi connectivity index (χ2v) is 2.07. The summed E-state index contributed by atoms with van der Waals surface area (Å²) in [5, 5.41) is 0. The molecule has 0 N–H and O–H groups in total. The van der Waals surface area contributed by atoms with Crippen LogP contribution in [0.25, 0.3) is 0 Å². The van der Waals surface area contributed by atoms with Gasteiger partial charge in [-0.25, -0.2) is 0 Å². The molecule has 0 radical (unpaired) electrons. The Hall–Kier alpha value is -0.860. The number of rotatable bonds is 2. The van der Waals surface area contributed by atoms with Crippen molar-refractivity contribution in [1.82, 2.24) is 0 Å². The van der Waals surface area contributed by atoms with Crippen molar-refractivity contribution in [1.29, 1.82) is 0 Å². The Kier molecular flexibility index (Phi) is 2.24. The van der Waals surface area contributed by atoms with Crippen LogP contribution in [0.2, 0.25) is 0 Å². The van der Waals surface area contributed by atoms with Gasteiger partial charge in [-0.15, -0.1) is 0 Å². The predicted octanol–water partition coefficient (Wildman–Crippen LogP) is 1.99. The van der Waals surface area contributed by atoms with Crippen LogP contribution in [0.3, 0.4) is 0 Å². The maximum atomic E-state index is 9.44. The van der Waals surface area contributed by atoms with Crippen molar-refractivity contribution < 1.29 is 4.89 Å². The van der Waals surface area contributed by atoms with Gasteiger partial charge in [-0.2, -0.15) is 0 Å². The van der Waals surface area contributed by atoms with Gasteiger partial charge in [0.1, 0.15) is 0 Å². The fraction of sp³-hybridized carbons (Fsp3) is 0.667. The molecule has 3 heteroatoms. The topological polar surface area (TPSA) is 37.6 Å². The fourth-order valence-electron chi connectivity index (χ4n) is 0.928. The maximum Gasteiger partial charge on any atom is 0.383 e. The van der Waals surface area contributed by atoms with E-state index in [4.69, 9.17) is 0 Å². The summed E-state index contributed by atoms with van der Waals surface area (Å²) in [5.74, 6) is 0.677. The minimum Gasteiger partial charge on any atom is -0.0492 e. The van der Waals surface area contributed by atoms with E-state index < -0.39 is 0 Å². The van der Waals surface area contributed by atoms with Crippen molar-refractivity contribution in [2.24, 2.45) is 0 Å². The first-order valence-electron chi connectivity index (χ1n) is 3.09. The van der Waals surface area contributed by atoms with Crippen molar-refractivity contribution in [3.05, 3.63) is 21.5 Å². The van der Waals surface area contributed by atoms with E-state index in [0.29, 0.717) is 5.76 Å². The summed E-state index contributed by atoms with van der Waals surface area (Å²) in [5.41, 5.74) is 0. The van der Waals surface area contributed by atoms with Gasteiger partial charge in [0.25, 0.3) is 4.96 Å². The van der Waals surface area contributed by atoms with Gasteiger partial charge in [0.15, 0.2) is 0 Å². The molecular weight excluding hydrogens is 120 g/mol. The third kappa shape index (κ3) is 1.83. The Bertz CT molecular complexity index is 128. The molecule has 0 heterocycles. The van der Waals surface area contributed by atoms with Gasteiger partial charge in [-0.05, 0) is 30.2 Å². The minimum atomic E-state index is 0.677. The molecule has 0 aromatic heterocycles. The van der Waals surface area contributed by atoms with E-state index in [1.54, 1.807) is 0 Å². The minimum absolute atomic E-state index is 0.677. The van der Waals surface area contributed by atoms with Gasteiger partial charge in [0, 0.05) is 6.42 Å². The Balaban J connectivity index is 2.36. The summed E-state index contributed by atoms with van der Waals surface area (Å²) in [6, 6.07) is 0. The molecule has 0 aromatic rings. The molecule has 9 heavy (non-hydrogen) atoms. The van der Waals surface area contributed by atoms with E-state index in [9.17, 15) is 4.96 Å². The van der Waals surface area contributed by atoms with E-state index in [1.807, 2.05) is 6.08 Å². The van der Waals surface area contributed by atoms with E-state index in [0.717, 1.165) is 19.3 Å². The highest BCUT2D eigenvalue weighted by atomic mass is 17.3. The van der Waals surface area contributed by atoms with Crippen LogP contribution >= 0.6 is 0 Å². The molecule has 0 saturated carbocycles. The molecule has 1 rings (SSSR count). The van der Waals surface area contributed by atoms with Crippen molar-refractivity contribution in [2.45, 2.75) is 25.7 Å². The van der Waals surface area contributed by atoms with E-state index in [2.05, 4.69) is 9.63 Å². The number of hydrogen-bond acceptors (Lipinski definition) is 2. The van der Waals surface area contributed by atoms with Crippen LogP contribution in [0, 0.1) is 9.71 Å². The Morgan fingerprint density at radius 2 is 2.44 bits per heavy atom. The first-order valence-corrected chi connectivity index (χ1v) is 3.09. The first-order chi connectivity index (χ1) is 4.43.